The van der Waals surface area contributed by atoms with Crippen LogP contribution in [0.25, 0.3) is 0 Å². The molecular formula is C12H17FN2O2. The molecule has 0 aromatic heterocycles. The Balaban J connectivity index is 2.76. The molecule has 0 unspecified atom stereocenters. The highest BCUT2D eigenvalue weighted by Crippen LogP contribution is 2.20. The van der Waals surface area contributed by atoms with E-state index in [4.69, 9.17) is 10.5 Å². The van der Waals surface area contributed by atoms with E-state index in [9.17, 15) is 9.18 Å². The van der Waals surface area contributed by atoms with Crippen LogP contribution in [0.5, 0.6) is 5.75 Å². The van der Waals surface area contributed by atoms with Crippen LogP contribution in [0.4, 0.5) is 10.1 Å². The van der Waals surface area contributed by atoms with Gasteiger partial charge < -0.3 is 15.8 Å². The van der Waals surface area contributed by atoms with Crippen LogP contribution in [0.1, 0.15) is 13.8 Å². The molecule has 1 aromatic rings. The summed E-state index contributed by atoms with van der Waals surface area (Å²) < 4.78 is 18.1. The Labute approximate surface area is 100.0 Å². The number of anilines is 1. The second-order valence-electron chi connectivity index (χ2n) is 4.11. The van der Waals surface area contributed by atoms with Crippen molar-refractivity contribution in [2.45, 2.75) is 19.9 Å². The topological polar surface area (TPSA) is 64.3 Å². The monoisotopic (exact) mass is 240 g/mol. The van der Waals surface area contributed by atoms with Gasteiger partial charge >= 0.3 is 0 Å². The zero-order chi connectivity index (χ0) is 13.0. The van der Waals surface area contributed by atoms with Crippen molar-refractivity contribution in [3.63, 3.8) is 0 Å². The lowest BCUT2D eigenvalue weighted by Gasteiger charge is -2.15. The van der Waals surface area contributed by atoms with Crippen LogP contribution < -0.4 is 15.8 Å². The molecule has 0 radical (unpaired) electrons. The van der Waals surface area contributed by atoms with Gasteiger partial charge in [0.15, 0.2) is 11.6 Å². The minimum atomic E-state index is -0.611. The largest absolute Gasteiger partial charge is 0.494 e. The van der Waals surface area contributed by atoms with Crippen molar-refractivity contribution in [2.24, 2.45) is 11.7 Å². The average Bonchev–Trinajstić information content (AvgIpc) is 2.28. The Morgan fingerprint density at radius 3 is 2.59 bits per heavy atom. The quantitative estimate of drug-likeness (QED) is 0.842. The highest BCUT2D eigenvalue weighted by atomic mass is 19.1. The molecule has 17 heavy (non-hydrogen) atoms. The third-order valence-electron chi connectivity index (χ3n) is 2.44. The summed E-state index contributed by atoms with van der Waals surface area (Å²) in [6.07, 6.45) is 0. The van der Waals surface area contributed by atoms with E-state index < -0.39 is 11.9 Å². The first-order chi connectivity index (χ1) is 7.95. The fourth-order valence-corrected chi connectivity index (χ4v) is 1.27. The van der Waals surface area contributed by atoms with E-state index in [1.54, 1.807) is 6.07 Å². The van der Waals surface area contributed by atoms with E-state index in [1.807, 2.05) is 13.8 Å². The molecule has 3 N–H and O–H groups in total. The number of amides is 1. The molecule has 0 aliphatic rings. The summed E-state index contributed by atoms with van der Waals surface area (Å²) in [5.74, 6) is -0.692. The summed E-state index contributed by atoms with van der Waals surface area (Å²) in [7, 11) is 1.38. The molecule has 94 valence electrons. The normalized spacial score (nSPS) is 12.4. The number of hydrogen-bond donors (Lipinski definition) is 2. The standard InChI is InChI=1S/C12H17FN2O2/c1-7(2)11(14)12(16)15-8-4-5-10(17-3)9(13)6-8/h4-7,11H,14H2,1-3H3,(H,15,16)/t11-/m0/s1. The highest BCUT2D eigenvalue weighted by molar-refractivity contribution is 5.94. The molecule has 4 nitrogen and oxygen atoms in total. The highest BCUT2D eigenvalue weighted by Gasteiger charge is 2.17. The van der Waals surface area contributed by atoms with Crippen molar-refractivity contribution in [1.82, 2.24) is 0 Å². The number of methoxy groups -OCH3 is 1. The minimum Gasteiger partial charge on any atom is -0.494 e. The van der Waals surface area contributed by atoms with Crippen molar-refractivity contribution < 1.29 is 13.9 Å². The number of carbonyl (C=O) groups is 1. The zero-order valence-corrected chi connectivity index (χ0v) is 10.2. The van der Waals surface area contributed by atoms with Gasteiger partial charge in [0.25, 0.3) is 0 Å². The van der Waals surface area contributed by atoms with E-state index in [0.717, 1.165) is 0 Å². The van der Waals surface area contributed by atoms with Crippen LogP contribution in [0.15, 0.2) is 18.2 Å². The average molecular weight is 240 g/mol. The van der Waals surface area contributed by atoms with Gasteiger partial charge in [0.05, 0.1) is 13.2 Å². The molecule has 0 spiro atoms. The number of carbonyl (C=O) groups excluding carboxylic acids is 1. The van der Waals surface area contributed by atoms with E-state index in [2.05, 4.69) is 5.32 Å². The zero-order valence-electron chi connectivity index (χ0n) is 10.2. The number of benzene rings is 1. The van der Waals surface area contributed by atoms with Crippen LogP contribution >= 0.6 is 0 Å². The minimum absolute atomic E-state index is 0.0260. The van der Waals surface area contributed by atoms with Crippen LogP contribution in [0.3, 0.4) is 0 Å². The second-order valence-corrected chi connectivity index (χ2v) is 4.11. The molecule has 0 saturated carbocycles. The number of halogens is 1. The molecule has 1 atom stereocenters. The van der Waals surface area contributed by atoms with Crippen LogP contribution in [-0.4, -0.2) is 19.1 Å². The van der Waals surface area contributed by atoms with Crippen molar-refractivity contribution in [1.29, 1.82) is 0 Å². The van der Waals surface area contributed by atoms with E-state index in [-0.39, 0.29) is 17.6 Å². The van der Waals surface area contributed by atoms with Crippen LogP contribution in [0.2, 0.25) is 0 Å². The van der Waals surface area contributed by atoms with E-state index in [0.29, 0.717) is 5.69 Å². The first-order valence-electron chi connectivity index (χ1n) is 5.35. The van der Waals surface area contributed by atoms with Gasteiger partial charge in [0.1, 0.15) is 0 Å². The molecule has 0 saturated heterocycles. The summed E-state index contributed by atoms with van der Waals surface area (Å²) in [5.41, 5.74) is 6.04. The fraction of sp³-hybridized carbons (Fsp3) is 0.417. The van der Waals surface area contributed by atoms with Gasteiger partial charge in [-0.05, 0) is 18.1 Å². The smallest absolute Gasteiger partial charge is 0.241 e. The Morgan fingerprint density at radius 2 is 2.12 bits per heavy atom. The third kappa shape index (κ3) is 3.42. The SMILES string of the molecule is COc1ccc(NC(=O)[C@@H](N)C(C)C)cc1F. The van der Waals surface area contributed by atoms with Gasteiger partial charge in [-0.1, -0.05) is 13.8 Å². The predicted octanol–water partition coefficient (Wildman–Crippen LogP) is 1.76. The molecule has 1 aromatic carbocycles. The lowest BCUT2D eigenvalue weighted by molar-refractivity contribution is -0.118. The number of rotatable bonds is 4. The maximum absolute atomic E-state index is 13.4. The molecular weight excluding hydrogens is 223 g/mol. The van der Waals surface area contributed by atoms with Crippen LogP contribution in [-0.2, 0) is 4.79 Å². The van der Waals surface area contributed by atoms with Gasteiger partial charge in [-0.25, -0.2) is 4.39 Å². The second kappa shape index (κ2) is 5.63. The van der Waals surface area contributed by atoms with Gasteiger partial charge in [-0.3, -0.25) is 4.79 Å². The molecule has 0 heterocycles. The van der Waals surface area contributed by atoms with Crippen molar-refractivity contribution in [3.05, 3.63) is 24.0 Å². The molecule has 0 bridgehead atoms. The molecule has 0 aliphatic heterocycles. The van der Waals surface area contributed by atoms with Gasteiger partial charge in [-0.15, -0.1) is 0 Å². The Hall–Kier alpha value is -1.62. The van der Waals surface area contributed by atoms with Crippen molar-refractivity contribution >= 4 is 11.6 Å². The predicted molar refractivity (Wildman–Crippen MR) is 64.4 cm³/mol. The molecule has 0 fully saturated rings. The molecule has 1 rings (SSSR count). The Morgan fingerprint density at radius 1 is 1.47 bits per heavy atom. The van der Waals surface area contributed by atoms with Gasteiger partial charge in [-0.2, -0.15) is 0 Å². The summed E-state index contributed by atoms with van der Waals surface area (Å²) >= 11 is 0. The molecule has 1 amide bonds. The summed E-state index contributed by atoms with van der Waals surface area (Å²) in [4.78, 5) is 11.6. The lowest BCUT2D eigenvalue weighted by Crippen LogP contribution is -2.39. The fourth-order valence-electron chi connectivity index (χ4n) is 1.27. The number of ether oxygens (including phenoxy) is 1. The number of nitrogens with two attached hydrogens (primary N) is 1. The maximum atomic E-state index is 13.4. The first kappa shape index (κ1) is 13.4. The molecule has 0 aliphatic carbocycles. The Kier molecular flexibility index (Phi) is 4.45. The Bertz CT molecular complexity index is 407. The summed E-state index contributed by atoms with van der Waals surface area (Å²) in [6, 6.07) is 3.60. The summed E-state index contributed by atoms with van der Waals surface area (Å²) in [5, 5.41) is 2.56. The summed E-state index contributed by atoms with van der Waals surface area (Å²) in [6.45, 7) is 3.69. The van der Waals surface area contributed by atoms with E-state index in [1.165, 1.54) is 19.2 Å². The molecule has 5 heteroatoms. The van der Waals surface area contributed by atoms with Crippen molar-refractivity contribution in [3.8, 4) is 5.75 Å². The van der Waals surface area contributed by atoms with Crippen molar-refractivity contribution in [2.75, 3.05) is 12.4 Å². The van der Waals surface area contributed by atoms with E-state index >= 15 is 0 Å². The van der Waals surface area contributed by atoms with Gasteiger partial charge in [0, 0.05) is 11.8 Å². The number of hydrogen-bond acceptors (Lipinski definition) is 3. The first-order valence-corrected chi connectivity index (χ1v) is 5.35. The number of nitrogens with one attached hydrogen (secondary N) is 1. The maximum Gasteiger partial charge on any atom is 0.241 e. The van der Waals surface area contributed by atoms with Crippen LogP contribution in [0, 0.1) is 11.7 Å². The lowest BCUT2D eigenvalue weighted by atomic mass is 10.0. The third-order valence-corrected chi connectivity index (χ3v) is 2.44. The van der Waals surface area contributed by atoms with Gasteiger partial charge in [0.2, 0.25) is 5.91 Å².